The molecule has 0 spiro atoms. The Morgan fingerprint density at radius 1 is 0.912 bits per heavy atom. The van der Waals surface area contributed by atoms with Gasteiger partial charge in [0.25, 0.3) is 0 Å². The molecule has 2 fully saturated rings. The molecule has 7 nitrogen and oxygen atoms in total. The second kappa shape index (κ2) is 10.7. The summed E-state index contributed by atoms with van der Waals surface area (Å²) in [5.74, 6) is 0.872. The third kappa shape index (κ3) is 5.54. The van der Waals surface area contributed by atoms with Crippen LogP contribution in [-0.4, -0.2) is 60.0 Å². The summed E-state index contributed by atoms with van der Waals surface area (Å²) in [7, 11) is 0. The van der Waals surface area contributed by atoms with E-state index in [0.717, 1.165) is 63.6 Å². The first kappa shape index (κ1) is 22.3. The number of amides is 1. The lowest BCUT2D eigenvalue weighted by Crippen LogP contribution is -2.45. The highest BCUT2D eigenvalue weighted by Gasteiger charge is 2.27. The molecule has 3 aromatic rings. The highest BCUT2D eigenvalue weighted by Crippen LogP contribution is 2.24. The summed E-state index contributed by atoms with van der Waals surface area (Å²) in [6, 6.07) is 18.9. The molecule has 2 aromatic carbocycles. The van der Waals surface area contributed by atoms with E-state index in [1.807, 2.05) is 12.1 Å². The maximum atomic E-state index is 12.9. The van der Waals surface area contributed by atoms with Gasteiger partial charge in [-0.25, -0.2) is 4.98 Å². The molecule has 0 bridgehead atoms. The van der Waals surface area contributed by atoms with Gasteiger partial charge >= 0.3 is 0 Å². The van der Waals surface area contributed by atoms with Crippen LogP contribution in [0.15, 0.2) is 73.2 Å². The number of benzene rings is 2. The van der Waals surface area contributed by atoms with Crippen LogP contribution in [0.5, 0.6) is 0 Å². The molecule has 2 aliphatic rings. The lowest BCUT2D eigenvalue weighted by Gasteiger charge is -2.36. The van der Waals surface area contributed by atoms with E-state index in [1.54, 1.807) is 18.6 Å². The summed E-state index contributed by atoms with van der Waals surface area (Å²) in [6.45, 7) is 6.73. The molecular formula is C27H32N6O. The smallest absolute Gasteiger partial charge is 0.229 e. The third-order valence-electron chi connectivity index (χ3n) is 6.79. The molecule has 1 aromatic heterocycles. The van der Waals surface area contributed by atoms with E-state index in [2.05, 4.69) is 72.4 Å². The first-order chi connectivity index (χ1) is 16.7. The SMILES string of the molecule is O=C(Nc1ccc(N2CCN(Cc3ccccc3)CC2)cc1)C1CCCN(c2cnccn2)C1. The number of rotatable bonds is 6. The third-order valence-corrected chi connectivity index (χ3v) is 6.79. The molecule has 5 rings (SSSR count). The second-order valence-corrected chi connectivity index (χ2v) is 9.13. The van der Waals surface area contributed by atoms with E-state index in [0.29, 0.717) is 6.54 Å². The van der Waals surface area contributed by atoms with E-state index in [4.69, 9.17) is 0 Å². The predicted octanol–water partition coefficient (Wildman–Crippen LogP) is 3.65. The van der Waals surface area contributed by atoms with E-state index in [1.165, 1.54) is 11.3 Å². The Kier molecular flexibility index (Phi) is 7.00. The summed E-state index contributed by atoms with van der Waals surface area (Å²) in [5, 5.41) is 3.12. The van der Waals surface area contributed by atoms with Crippen LogP contribution < -0.4 is 15.1 Å². The first-order valence-corrected chi connectivity index (χ1v) is 12.2. The van der Waals surface area contributed by atoms with Gasteiger partial charge in [0.1, 0.15) is 5.82 Å². The molecule has 3 heterocycles. The average molecular weight is 457 g/mol. The minimum absolute atomic E-state index is 0.0480. The van der Waals surface area contributed by atoms with E-state index < -0.39 is 0 Å². The number of anilines is 3. The Balaban J connectivity index is 1.12. The molecule has 0 radical (unpaired) electrons. The van der Waals surface area contributed by atoms with Gasteiger partial charge in [-0.3, -0.25) is 14.7 Å². The van der Waals surface area contributed by atoms with Crippen molar-refractivity contribution < 1.29 is 4.79 Å². The van der Waals surface area contributed by atoms with Crippen LogP contribution in [0.1, 0.15) is 18.4 Å². The van der Waals surface area contributed by atoms with Gasteiger partial charge in [0, 0.05) is 69.6 Å². The summed E-state index contributed by atoms with van der Waals surface area (Å²) in [6.07, 6.45) is 7.01. The topological polar surface area (TPSA) is 64.6 Å². The Labute approximate surface area is 201 Å². The zero-order valence-corrected chi connectivity index (χ0v) is 19.5. The molecule has 0 aliphatic carbocycles. The lowest BCUT2D eigenvalue weighted by molar-refractivity contribution is -0.120. The number of nitrogens with one attached hydrogen (secondary N) is 1. The quantitative estimate of drug-likeness (QED) is 0.611. The van der Waals surface area contributed by atoms with Crippen LogP contribution in [0.2, 0.25) is 0 Å². The molecule has 1 unspecified atom stereocenters. The predicted molar refractivity (Wildman–Crippen MR) is 136 cm³/mol. The van der Waals surface area contributed by atoms with Crippen molar-refractivity contribution in [2.75, 3.05) is 54.4 Å². The van der Waals surface area contributed by atoms with Crippen LogP contribution in [0.25, 0.3) is 0 Å². The Bertz CT molecular complexity index is 1050. The van der Waals surface area contributed by atoms with Gasteiger partial charge in [-0.2, -0.15) is 0 Å². The Morgan fingerprint density at radius 3 is 2.44 bits per heavy atom. The number of hydrogen-bond donors (Lipinski definition) is 1. The summed E-state index contributed by atoms with van der Waals surface area (Å²) >= 11 is 0. The van der Waals surface area contributed by atoms with Crippen LogP contribution in [0.4, 0.5) is 17.2 Å². The van der Waals surface area contributed by atoms with Gasteiger partial charge in [-0.05, 0) is 42.7 Å². The van der Waals surface area contributed by atoms with Crippen LogP contribution >= 0.6 is 0 Å². The number of piperidine rings is 1. The molecular weight excluding hydrogens is 424 g/mol. The monoisotopic (exact) mass is 456 g/mol. The molecule has 0 saturated carbocycles. The average Bonchev–Trinajstić information content (AvgIpc) is 2.91. The molecule has 176 valence electrons. The standard InChI is InChI=1S/C27H32N6O/c34-27(23-7-4-14-33(21-23)26-19-28-12-13-29-26)30-24-8-10-25(11-9-24)32-17-15-31(16-18-32)20-22-5-2-1-3-6-22/h1-3,5-6,8-13,19,23H,4,7,14-18,20-21H2,(H,30,34). The first-order valence-electron chi connectivity index (χ1n) is 12.2. The number of carbonyl (C=O) groups excluding carboxylic acids is 1. The summed E-state index contributed by atoms with van der Waals surface area (Å²) in [5.41, 5.74) is 3.44. The molecule has 1 atom stereocenters. The summed E-state index contributed by atoms with van der Waals surface area (Å²) in [4.78, 5) is 28.6. The molecule has 7 heteroatoms. The Morgan fingerprint density at radius 2 is 1.71 bits per heavy atom. The van der Waals surface area contributed by atoms with Gasteiger partial charge in [0.2, 0.25) is 5.91 Å². The molecule has 1 amide bonds. The number of hydrogen-bond acceptors (Lipinski definition) is 6. The maximum Gasteiger partial charge on any atom is 0.229 e. The van der Waals surface area contributed by atoms with E-state index in [9.17, 15) is 4.79 Å². The van der Waals surface area contributed by atoms with Gasteiger partial charge in [-0.15, -0.1) is 0 Å². The molecule has 1 N–H and O–H groups in total. The zero-order chi connectivity index (χ0) is 23.2. The van der Waals surface area contributed by atoms with E-state index >= 15 is 0 Å². The van der Waals surface area contributed by atoms with Crippen molar-refractivity contribution in [2.24, 2.45) is 5.92 Å². The number of piperazine rings is 1. The van der Waals surface area contributed by atoms with Crippen molar-refractivity contribution in [3.05, 3.63) is 78.8 Å². The normalized spacial score (nSPS) is 19.1. The minimum Gasteiger partial charge on any atom is -0.369 e. The fourth-order valence-electron chi connectivity index (χ4n) is 4.86. The Hall–Kier alpha value is -3.45. The highest BCUT2D eigenvalue weighted by molar-refractivity contribution is 5.93. The van der Waals surface area contributed by atoms with Crippen molar-refractivity contribution in [1.82, 2.24) is 14.9 Å². The fourth-order valence-corrected chi connectivity index (χ4v) is 4.86. The molecule has 2 aliphatic heterocycles. The molecule has 2 saturated heterocycles. The van der Waals surface area contributed by atoms with Gasteiger partial charge in [0.15, 0.2) is 0 Å². The zero-order valence-electron chi connectivity index (χ0n) is 19.5. The van der Waals surface area contributed by atoms with Crippen molar-refractivity contribution in [3.63, 3.8) is 0 Å². The maximum absolute atomic E-state index is 12.9. The second-order valence-electron chi connectivity index (χ2n) is 9.13. The van der Waals surface area contributed by atoms with Crippen LogP contribution in [0.3, 0.4) is 0 Å². The number of carbonyl (C=O) groups is 1. The largest absolute Gasteiger partial charge is 0.369 e. The molecule has 34 heavy (non-hydrogen) atoms. The highest BCUT2D eigenvalue weighted by atomic mass is 16.1. The van der Waals surface area contributed by atoms with Crippen molar-refractivity contribution in [2.45, 2.75) is 19.4 Å². The number of aromatic nitrogens is 2. The van der Waals surface area contributed by atoms with Crippen LogP contribution in [-0.2, 0) is 11.3 Å². The lowest BCUT2D eigenvalue weighted by atomic mass is 9.97. The van der Waals surface area contributed by atoms with Gasteiger partial charge in [0.05, 0.1) is 12.1 Å². The fraction of sp³-hybridized carbons (Fsp3) is 0.370. The number of nitrogens with zero attached hydrogens (tertiary/aromatic N) is 5. The van der Waals surface area contributed by atoms with Gasteiger partial charge < -0.3 is 15.1 Å². The van der Waals surface area contributed by atoms with Crippen LogP contribution in [0, 0.1) is 5.92 Å². The van der Waals surface area contributed by atoms with Crippen molar-refractivity contribution >= 4 is 23.1 Å². The minimum atomic E-state index is -0.0480. The van der Waals surface area contributed by atoms with Crippen molar-refractivity contribution in [1.29, 1.82) is 0 Å². The van der Waals surface area contributed by atoms with E-state index in [-0.39, 0.29) is 11.8 Å². The van der Waals surface area contributed by atoms with Crippen molar-refractivity contribution in [3.8, 4) is 0 Å². The van der Waals surface area contributed by atoms with Gasteiger partial charge in [-0.1, -0.05) is 30.3 Å². The summed E-state index contributed by atoms with van der Waals surface area (Å²) < 4.78 is 0.